The maximum absolute atomic E-state index is 9.10. The van der Waals surface area contributed by atoms with E-state index in [1.807, 2.05) is 12.1 Å². The van der Waals surface area contributed by atoms with Crippen LogP contribution in [0, 0.1) is 0 Å². The van der Waals surface area contributed by atoms with Crippen LogP contribution in [0.2, 0.25) is 5.02 Å². The average molecular weight is 437 g/mol. The first-order valence-corrected chi connectivity index (χ1v) is 10.8. The van der Waals surface area contributed by atoms with Crippen molar-refractivity contribution in [1.29, 1.82) is 0 Å². The lowest BCUT2D eigenvalue weighted by Gasteiger charge is -2.34. The zero-order chi connectivity index (χ0) is 21.2. The number of carbonyl (C=O) groups is 2. The summed E-state index contributed by atoms with van der Waals surface area (Å²) >= 11 is 7.87. The van der Waals surface area contributed by atoms with Gasteiger partial charge in [0.1, 0.15) is 0 Å². The number of aliphatic carboxylic acids is 2. The maximum Gasteiger partial charge on any atom is 0.414 e. The monoisotopic (exact) mass is 436 g/mol. The lowest BCUT2D eigenvalue weighted by molar-refractivity contribution is -0.159. The molecule has 156 valence electrons. The van der Waals surface area contributed by atoms with E-state index in [1.54, 1.807) is 11.8 Å². The lowest BCUT2D eigenvalue weighted by atomic mass is 10.1. The van der Waals surface area contributed by atoms with Crippen LogP contribution in [-0.4, -0.2) is 64.4 Å². The van der Waals surface area contributed by atoms with Gasteiger partial charge in [-0.05, 0) is 41.6 Å². The third-order valence-corrected chi connectivity index (χ3v) is 5.49. The second-order valence-electron chi connectivity index (χ2n) is 6.64. The third kappa shape index (κ3) is 8.45. The van der Waals surface area contributed by atoms with Crippen LogP contribution in [0.25, 0.3) is 0 Å². The Morgan fingerprint density at radius 1 is 0.897 bits per heavy atom. The summed E-state index contributed by atoms with van der Waals surface area (Å²) in [6.45, 7) is 6.55. The van der Waals surface area contributed by atoms with Gasteiger partial charge in [-0.2, -0.15) is 0 Å². The van der Waals surface area contributed by atoms with E-state index in [9.17, 15) is 0 Å². The summed E-state index contributed by atoms with van der Waals surface area (Å²) in [6, 6.07) is 17.1. The van der Waals surface area contributed by atoms with Crippen LogP contribution in [0.5, 0.6) is 0 Å². The number of hydrogen-bond acceptors (Lipinski definition) is 5. The highest BCUT2D eigenvalue weighted by molar-refractivity contribution is 7.98. The Kier molecular flexibility index (Phi) is 9.47. The number of carboxylic acid groups (broad SMARTS) is 2. The van der Waals surface area contributed by atoms with Gasteiger partial charge >= 0.3 is 11.9 Å². The molecule has 1 fully saturated rings. The molecule has 0 aromatic heterocycles. The van der Waals surface area contributed by atoms with Crippen LogP contribution in [0.3, 0.4) is 0 Å². The highest BCUT2D eigenvalue weighted by atomic mass is 35.5. The van der Waals surface area contributed by atoms with Crippen molar-refractivity contribution in [2.24, 2.45) is 0 Å². The second-order valence-corrected chi connectivity index (χ2v) is 7.96. The summed E-state index contributed by atoms with van der Waals surface area (Å²) in [4.78, 5) is 24.6. The zero-order valence-electron chi connectivity index (χ0n) is 16.3. The molecule has 0 saturated carbocycles. The molecular weight excluding hydrogens is 412 g/mol. The van der Waals surface area contributed by atoms with Crippen molar-refractivity contribution in [3.05, 3.63) is 64.7 Å². The van der Waals surface area contributed by atoms with E-state index >= 15 is 0 Å². The number of halogens is 1. The topological polar surface area (TPSA) is 81.1 Å². The van der Waals surface area contributed by atoms with Crippen molar-refractivity contribution in [2.75, 3.05) is 32.4 Å². The second kappa shape index (κ2) is 11.8. The van der Waals surface area contributed by atoms with E-state index in [4.69, 9.17) is 31.4 Å². The molecule has 1 aliphatic heterocycles. The number of rotatable bonds is 5. The minimum Gasteiger partial charge on any atom is -0.473 e. The number of hydrogen-bond donors (Lipinski definition) is 2. The number of benzene rings is 2. The van der Waals surface area contributed by atoms with Crippen LogP contribution in [0.15, 0.2) is 53.4 Å². The minimum atomic E-state index is -1.82. The molecule has 8 heteroatoms. The standard InChI is InChI=1S/C19H23ClN2S.C2H2O4/c1-23-19-7-5-16(6-8-19)14-21-9-11-22(12-10-21)15-17-3-2-4-18(20)13-17;3-1(4)2(5)6/h2-8,13H,9-12,14-15H2,1H3;(H,3,4)(H,5,6). The Morgan fingerprint density at radius 2 is 1.41 bits per heavy atom. The zero-order valence-corrected chi connectivity index (χ0v) is 17.8. The summed E-state index contributed by atoms with van der Waals surface area (Å²) in [5.41, 5.74) is 2.71. The number of piperazine rings is 1. The Labute approximate surface area is 180 Å². The van der Waals surface area contributed by atoms with Gasteiger partial charge in [-0.25, -0.2) is 9.59 Å². The predicted molar refractivity (Wildman–Crippen MR) is 116 cm³/mol. The molecule has 0 spiro atoms. The largest absolute Gasteiger partial charge is 0.473 e. The third-order valence-electron chi connectivity index (χ3n) is 4.51. The molecule has 1 heterocycles. The molecule has 0 unspecified atom stereocenters. The van der Waals surface area contributed by atoms with Gasteiger partial charge in [-0.15, -0.1) is 11.8 Å². The van der Waals surface area contributed by atoms with E-state index in [-0.39, 0.29) is 0 Å². The minimum absolute atomic E-state index is 0.829. The molecular formula is C21H25ClN2O4S. The number of carboxylic acids is 2. The average Bonchev–Trinajstić information content (AvgIpc) is 2.70. The fourth-order valence-electron chi connectivity index (χ4n) is 2.99. The molecule has 2 N–H and O–H groups in total. The van der Waals surface area contributed by atoms with Crippen molar-refractivity contribution < 1.29 is 19.8 Å². The Hall–Kier alpha value is -2.06. The molecule has 2 aromatic rings. The van der Waals surface area contributed by atoms with Gasteiger partial charge in [0.15, 0.2) is 0 Å². The van der Waals surface area contributed by atoms with Gasteiger partial charge in [-0.1, -0.05) is 35.9 Å². The lowest BCUT2D eigenvalue weighted by Crippen LogP contribution is -2.45. The molecule has 0 amide bonds. The highest BCUT2D eigenvalue weighted by Crippen LogP contribution is 2.17. The van der Waals surface area contributed by atoms with E-state index in [2.05, 4.69) is 52.5 Å². The summed E-state index contributed by atoms with van der Waals surface area (Å²) < 4.78 is 0. The van der Waals surface area contributed by atoms with Crippen LogP contribution >= 0.6 is 23.4 Å². The van der Waals surface area contributed by atoms with Crippen LogP contribution in [0.1, 0.15) is 11.1 Å². The molecule has 2 aromatic carbocycles. The Morgan fingerprint density at radius 3 is 1.86 bits per heavy atom. The molecule has 1 saturated heterocycles. The predicted octanol–water partition coefficient (Wildman–Crippen LogP) is 3.54. The van der Waals surface area contributed by atoms with E-state index in [0.717, 1.165) is 44.3 Å². The van der Waals surface area contributed by atoms with E-state index in [0.29, 0.717) is 0 Å². The van der Waals surface area contributed by atoms with Crippen LogP contribution in [0.4, 0.5) is 0 Å². The molecule has 29 heavy (non-hydrogen) atoms. The molecule has 0 aliphatic carbocycles. The van der Waals surface area contributed by atoms with Gasteiger partial charge in [0.25, 0.3) is 0 Å². The van der Waals surface area contributed by atoms with Crippen LogP contribution < -0.4 is 0 Å². The first-order chi connectivity index (χ1) is 13.9. The Bertz CT molecular complexity index is 797. The molecule has 0 bridgehead atoms. The molecule has 6 nitrogen and oxygen atoms in total. The van der Waals surface area contributed by atoms with Crippen molar-refractivity contribution in [3.8, 4) is 0 Å². The first-order valence-electron chi connectivity index (χ1n) is 9.15. The van der Waals surface area contributed by atoms with Crippen molar-refractivity contribution in [2.45, 2.75) is 18.0 Å². The van der Waals surface area contributed by atoms with Gasteiger partial charge in [0.05, 0.1) is 0 Å². The number of thioether (sulfide) groups is 1. The SMILES string of the molecule is CSc1ccc(CN2CCN(Cc3cccc(Cl)c3)CC2)cc1.O=C(O)C(=O)O. The summed E-state index contributed by atoms with van der Waals surface area (Å²) in [7, 11) is 0. The summed E-state index contributed by atoms with van der Waals surface area (Å²) in [5.74, 6) is -3.65. The van der Waals surface area contributed by atoms with Gasteiger partial charge in [-0.3, -0.25) is 9.80 Å². The number of nitrogens with zero attached hydrogens (tertiary/aromatic N) is 2. The van der Waals surface area contributed by atoms with Gasteiger partial charge < -0.3 is 10.2 Å². The normalized spacial score (nSPS) is 14.7. The van der Waals surface area contributed by atoms with Crippen molar-refractivity contribution in [3.63, 3.8) is 0 Å². The van der Waals surface area contributed by atoms with Gasteiger partial charge in [0, 0.05) is 49.2 Å². The highest BCUT2D eigenvalue weighted by Gasteiger charge is 2.17. The van der Waals surface area contributed by atoms with Crippen molar-refractivity contribution >= 4 is 35.3 Å². The van der Waals surface area contributed by atoms with Crippen molar-refractivity contribution in [1.82, 2.24) is 9.80 Å². The molecule has 1 aliphatic rings. The van der Waals surface area contributed by atoms with Crippen LogP contribution in [-0.2, 0) is 22.7 Å². The molecule has 0 radical (unpaired) electrons. The fourth-order valence-corrected chi connectivity index (χ4v) is 3.61. The van der Waals surface area contributed by atoms with E-state index in [1.165, 1.54) is 16.0 Å². The van der Waals surface area contributed by atoms with E-state index < -0.39 is 11.9 Å². The maximum atomic E-state index is 9.10. The summed E-state index contributed by atoms with van der Waals surface area (Å²) in [5, 5.41) is 15.6. The molecule has 0 atom stereocenters. The van der Waals surface area contributed by atoms with Gasteiger partial charge in [0.2, 0.25) is 0 Å². The fraction of sp³-hybridized carbons (Fsp3) is 0.333. The smallest absolute Gasteiger partial charge is 0.414 e. The Balaban J connectivity index is 0.000000438. The molecule has 3 rings (SSSR count). The first kappa shape index (κ1) is 23.2. The summed E-state index contributed by atoms with van der Waals surface area (Å²) in [6.07, 6.45) is 2.12. The quantitative estimate of drug-likeness (QED) is 0.548.